The standard InChI is InChI=1S/C12H11NO2/c1-7-9-5-3-4-8-6-13(2)12(14)11(15-7)10(8)9/h3-7H,1-2H3/p+1. The molecule has 1 aromatic heterocycles. The molecule has 0 fully saturated rings. The second-order valence-electron chi connectivity index (χ2n) is 3.96. The van der Waals surface area contributed by atoms with Gasteiger partial charge in [-0.1, -0.05) is 12.1 Å². The average molecular weight is 202 g/mol. The Morgan fingerprint density at radius 1 is 1.40 bits per heavy atom. The van der Waals surface area contributed by atoms with Crippen LogP contribution in [-0.4, -0.2) is 5.11 Å². The van der Waals surface area contributed by atoms with E-state index in [9.17, 15) is 5.11 Å². The fraction of sp³-hybridized carbons (Fsp3) is 0.250. The summed E-state index contributed by atoms with van der Waals surface area (Å²) in [6.45, 7) is 1.99. The molecule has 1 unspecified atom stereocenters. The van der Waals surface area contributed by atoms with Gasteiger partial charge in [0.05, 0.1) is 5.39 Å². The van der Waals surface area contributed by atoms with E-state index < -0.39 is 0 Å². The second kappa shape index (κ2) is 2.63. The SMILES string of the molecule is CC1Oc2c(O)[n+](C)cc3cccc1c23. The monoisotopic (exact) mass is 202 g/mol. The predicted octanol–water partition coefficient (Wildman–Crippen LogP) is 1.82. The van der Waals surface area contributed by atoms with Crippen molar-refractivity contribution >= 4 is 10.8 Å². The minimum atomic E-state index is 0.0250. The highest BCUT2D eigenvalue weighted by Crippen LogP contribution is 2.44. The van der Waals surface area contributed by atoms with Crippen molar-refractivity contribution in [3.05, 3.63) is 30.0 Å². The molecule has 2 aromatic rings. The first-order chi connectivity index (χ1) is 7.18. The van der Waals surface area contributed by atoms with E-state index in [-0.39, 0.29) is 12.0 Å². The molecular weight excluding hydrogens is 190 g/mol. The van der Waals surface area contributed by atoms with Gasteiger partial charge in [0.1, 0.15) is 13.2 Å². The Morgan fingerprint density at radius 2 is 2.20 bits per heavy atom. The quantitative estimate of drug-likeness (QED) is 0.661. The lowest BCUT2D eigenvalue weighted by molar-refractivity contribution is -0.676. The normalized spacial score (nSPS) is 18.1. The van der Waals surface area contributed by atoms with Crippen LogP contribution in [-0.2, 0) is 7.05 Å². The van der Waals surface area contributed by atoms with Gasteiger partial charge in [-0.3, -0.25) is 0 Å². The van der Waals surface area contributed by atoms with Crippen molar-refractivity contribution < 1.29 is 14.4 Å². The topological polar surface area (TPSA) is 33.3 Å². The van der Waals surface area contributed by atoms with Gasteiger partial charge < -0.3 is 9.84 Å². The zero-order valence-corrected chi connectivity index (χ0v) is 8.69. The van der Waals surface area contributed by atoms with E-state index in [2.05, 4.69) is 0 Å². The number of aryl methyl sites for hydroxylation is 1. The van der Waals surface area contributed by atoms with Gasteiger partial charge in [0, 0.05) is 10.9 Å². The third kappa shape index (κ3) is 0.975. The number of aromatic hydroxyl groups is 1. The fourth-order valence-electron chi connectivity index (χ4n) is 2.19. The Bertz CT molecular complexity index is 563. The highest BCUT2D eigenvalue weighted by atomic mass is 16.5. The zero-order chi connectivity index (χ0) is 10.6. The van der Waals surface area contributed by atoms with E-state index in [0.717, 1.165) is 16.3 Å². The molecule has 76 valence electrons. The molecule has 3 heteroatoms. The molecule has 2 heterocycles. The average Bonchev–Trinajstić information content (AvgIpc) is 2.55. The van der Waals surface area contributed by atoms with Crippen molar-refractivity contribution in [3.8, 4) is 11.6 Å². The number of rotatable bonds is 0. The maximum absolute atomic E-state index is 9.88. The molecule has 0 radical (unpaired) electrons. The van der Waals surface area contributed by atoms with Crippen molar-refractivity contribution in [1.29, 1.82) is 0 Å². The smallest absolute Gasteiger partial charge is 0.409 e. The Balaban J connectivity index is 2.52. The summed E-state index contributed by atoms with van der Waals surface area (Å²) in [5.41, 5.74) is 1.15. The minimum Gasteiger partial charge on any atom is -0.476 e. The fourth-order valence-corrected chi connectivity index (χ4v) is 2.19. The highest BCUT2D eigenvalue weighted by molar-refractivity contribution is 5.93. The van der Waals surface area contributed by atoms with Crippen LogP contribution >= 0.6 is 0 Å². The van der Waals surface area contributed by atoms with E-state index in [1.807, 2.05) is 38.4 Å². The van der Waals surface area contributed by atoms with Gasteiger partial charge in [-0.15, -0.1) is 0 Å². The lowest BCUT2D eigenvalue weighted by atomic mass is 10.0. The van der Waals surface area contributed by atoms with E-state index in [1.54, 1.807) is 4.57 Å². The van der Waals surface area contributed by atoms with E-state index in [1.165, 1.54) is 0 Å². The zero-order valence-electron chi connectivity index (χ0n) is 8.69. The van der Waals surface area contributed by atoms with Crippen LogP contribution in [0.2, 0.25) is 0 Å². The summed E-state index contributed by atoms with van der Waals surface area (Å²) in [5, 5.41) is 12.0. The lowest BCUT2D eigenvalue weighted by Gasteiger charge is -2.03. The Labute approximate surface area is 87.5 Å². The highest BCUT2D eigenvalue weighted by Gasteiger charge is 2.30. The molecule has 1 aromatic carbocycles. The van der Waals surface area contributed by atoms with Gasteiger partial charge in [-0.05, 0) is 13.0 Å². The third-order valence-electron chi connectivity index (χ3n) is 2.96. The lowest BCUT2D eigenvalue weighted by Crippen LogP contribution is -2.27. The summed E-state index contributed by atoms with van der Waals surface area (Å²) >= 11 is 0. The molecule has 1 N–H and O–H groups in total. The van der Waals surface area contributed by atoms with Crippen molar-refractivity contribution in [3.63, 3.8) is 0 Å². The molecule has 0 saturated heterocycles. The van der Waals surface area contributed by atoms with E-state index in [0.29, 0.717) is 5.75 Å². The van der Waals surface area contributed by atoms with Crippen molar-refractivity contribution in [2.75, 3.05) is 0 Å². The predicted molar refractivity (Wildman–Crippen MR) is 55.8 cm³/mol. The number of hydrogen-bond donors (Lipinski definition) is 1. The van der Waals surface area contributed by atoms with Crippen LogP contribution in [0.5, 0.6) is 11.6 Å². The molecule has 0 aliphatic carbocycles. The van der Waals surface area contributed by atoms with Gasteiger partial charge in [0.2, 0.25) is 5.75 Å². The van der Waals surface area contributed by atoms with Crippen LogP contribution in [0, 0.1) is 0 Å². The number of benzene rings is 1. The van der Waals surface area contributed by atoms with Crippen LogP contribution in [0.4, 0.5) is 0 Å². The maximum Gasteiger partial charge on any atom is 0.409 e. The van der Waals surface area contributed by atoms with E-state index in [4.69, 9.17) is 4.74 Å². The largest absolute Gasteiger partial charge is 0.476 e. The van der Waals surface area contributed by atoms with Crippen molar-refractivity contribution in [2.45, 2.75) is 13.0 Å². The molecule has 0 bridgehead atoms. The molecule has 15 heavy (non-hydrogen) atoms. The Hall–Kier alpha value is -1.77. The van der Waals surface area contributed by atoms with E-state index >= 15 is 0 Å². The summed E-state index contributed by atoms with van der Waals surface area (Å²) in [7, 11) is 1.81. The van der Waals surface area contributed by atoms with Crippen LogP contribution in [0.25, 0.3) is 10.8 Å². The molecular formula is C12H12NO2+. The summed E-state index contributed by atoms with van der Waals surface area (Å²) in [4.78, 5) is 0. The first-order valence-corrected chi connectivity index (χ1v) is 4.99. The molecule has 0 saturated carbocycles. The van der Waals surface area contributed by atoms with Crippen molar-refractivity contribution in [1.82, 2.24) is 0 Å². The second-order valence-corrected chi connectivity index (χ2v) is 3.96. The third-order valence-corrected chi connectivity index (χ3v) is 2.96. The summed E-state index contributed by atoms with van der Waals surface area (Å²) in [6.07, 6.45) is 1.94. The first-order valence-electron chi connectivity index (χ1n) is 4.99. The number of aromatic nitrogens is 1. The molecule has 3 rings (SSSR count). The molecule has 1 aliphatic heterocycles. The van der Waals surface area contributed by atoms with Gasteiger partial charge in [-0.2, -0.15) is 4.57 Å². The number of pyridine rings is 1. The molecule has 0 spiro atoms. The molecule has 1 atom stereocenters. The van der Waals surface area contributed by atoms with Crippen molar-refractivity contribution in [2.24, 2.45) is 7.05 Å². The molecule has 3 nitrogen and oxygen atoms in total. The van der Waals surface area contributed by atoms with Crippen LogP contribution in [0.1, 0.15) is 18.6 Å². The maximum atomic E-state index is 9.88. The molecule has 0 amide bonds. The Morgan fingerprint density at radius 3 is 3.00 bits per heavy atom. The first kappa shape index (κ1) is 8.53. The van der Waals surface area contributed by atoms with Gasteiger partial charge in [0.25, 0.3) is 0 Å². The van der Waals surface area contributed by atoms with Crippen LogP contribution < -0.4 is 9.30 Å². The summed E-state index contributed by atoms with van der Waals surface area (Å²) in [5.74, 6) is 0.803. The Kier molecular flexibility index (Phi) is 1.49. The number of hydrogen-bond acceptors (Lipinski definition) is 2. The minimum absolute atomic E-state index is 0.0250. The van der Waals surface area contributed by atoms with Gasteiger partial charge >= 0.3 is 5.88 Å². The molecule has 1 aliphatic rings. The van der Waals surface area contributed by atoms with Gasteiger partial charge in [0.15, 0.2) is 6.20 Å². The number of ether oxygens (including phenoxy) is 1. The summed E-state index contributed by atoms with van der Waals surface area (Å²) < 4.78 is 7.34. The summed E-state index contributed by atoms with van der Waals surface area (Å²) in [6, 6.07) is 6.09. The number of nitrogens with zero attached hydrogens (tertiary/aromatic N) is 1. The van der Waals surface area contributed by atoms with Crippen LogP contribution in [0.15, 0.2) is 24.4 Å². The van der Waals surface area contributed by atoms with Gasteiger partial charge in [-0.25, -0.2) is 0 Å². The van der Waals surface area contributed by atoms with Crippen LogP contribution in [0.3, 0.4) is 0 Å².